The van der Waals surface area contributed by atoms with Gasteiger partial charge in [-0.2, -0.15) is 0 Å². The fourth-order valence-corrected chi connectivity index (χ4v) is 1.78. The van der Waals surface area contributed by atoms with Gasteiger partial charge in [0.05, 0.1) is 12.1 Å². The molecule has 2 rings (SSSR count). The quantitative estimate of drug-likeness (QED) is 0.577. The molecule has 0 atom stereocenters. The number of nitrogens with zero attached hydrogens (tertiary/aromatic N) is 1. The van der Waals surface area contributed by atoms with Crippen LogP contribution in [0.25, 0.3) is 10.9 Å². The largest absolute Gasteiger partial charge is 0.381 e. The number of aromatic nitrogens is 1. The van der Waals surface area contributed by atoms with Gasteiger partial charge < -0.3 is 4.74 Å². The van der Waals surface area contributed by atoms with E-state index in [0.717, 1.165) is 17.3 Å². The Morgan fingerprint density at radius 2 is 2.11 bits per heavy atom. The molecule has 0 spiro atoms. The predicted molar refractivity (Wildman–Crippen MR) is 71.8 cm³/mol. The Bertz CT molecular complexity index is 537. The third kappa shape index (κ3) is 3.14. The van der Waals surface area contributed by atoms with Crippen LogP contribution in [0.4, 0.5) is 0 Å². The SMILES string of the molecule is CCCOCCC(=O)c1cnc2ccccc2c1. The van der Waals surface area contributed by atoms with Crippen molar-refractivity contribution in [3.05, 3.63) is 42.1 Å². The third-order valence-electron chi connectivity index (χ3n) is 2.73. The molecule has 18 heavy (non-hydrogen) atoms. The van der Waals surface area contributed by atoms with Crippen molar-refractivity contribution >= 4 is 16.7 Å². The number of carbonyl (C=O) groups excluding carboxylic acids is 1. The minimum atomic E-state index is 0.0874. The molecule has 94 valence electrons. The maximum absolute atomic E-state index is 11.9. The second-order valence-corrected chi connectivity index (χ2v) is 4.20. The summed E-state index contributed by atoms with van der Waals surface area (Å²) in [6.07, 6.45) is 3.04. The van der Waals surface area contributed by atoms with Gasteiger partial charge in [0, 0.05) is 30.2 Å². The van der Waals surface area contributed by atoms with E-state index in [1.165, 1.54) is 0 Å². The molecule has 0 aliphatic carbocycles. The fraction of sp³-hybridized carbons (Fsp3) is 0.333. The zero-order valence-corrected chi connectivity index (χ0v) is 10.6. The summed E-state index contributed by atoms with van der Waals surface area (Å²) in [4.78, 5) is 16.2. The number of fused-ring (bicyclic) bond motifs is 1. The van der Waals surface area contributed by atoms with Crippen molar-refractivity contribution in [3.63, 3.8) is 0 Å². The third-order valence-corrected chi connectivity index (χ3v) is 2.73. The molecule has 0 aliphatic rings. The summed E-state index contributed by atoms with van der Waals surface area (Å²) in [5.74, 6) is 0.0874. The predicted octanol–water partition coefficient (Wildman–Crippen LogP) is 3.23. The lowest BCUT2D eigenvalue weighted by atomic mass is 10.1. The van der Waals surface area contributed by atoms with Gasteiger partial charge in [-0.15, -0.1) is 0 Å². The molecule has 0 bridgehead atoms. The molecule has 0 amide bonds. The molecule has 1 heterocycles. The molecule has 2 aromatic rings. The van der Waals surface area contributed by atoms with Crippen LogP contribution in [0.3, 0.4) is 0 Å². The van der Waals surface area contributed by atoms with E-state index in [9.17, 15) is 4.79 Å². The molecule has 1 aromatic heterocycles. The summed E-state index contributed by atoms with van der Waals surface area (Å²) in [6.45, 7) is 3.25. The highest BCUT2D eigenvalue weighted by molar-refractivity contribution is 5.98. The average Bonchev–Trinajstić information content (AvgIpc) is 2.43. The Morgan fingerprint density at radius 1 is 1.28 bits per heavy atom. The summed E-state index contributed by atoms with van der Waals surface area (Å²) < 4.78 is 5.32. The van der Waals surface area contributed by atoms with E-state index in [-0.39, 0.29) is 5.78 Å². The van der Waals surface area contributed by atoms with Crippen molar-refractivity contribution in [1.29, 1.82) is 0 Å². The van der Waals surface area contributed by atoms with E-state index in [1.54, 1.807) is 6.20 Å². The van der Waals surface area contributed by atoms with E-state index < -0.39 is 0 Å². The van der Waals surface area contributed by atoms with Crippen LogP contribution in [0, 0.1) is 0 Å². The monoisotopic (exact) mass is 243 g/mol. The highest BCUT2D eigenvalue weighted by atomic mass is 16.5. The van der Waals surface area contributed by atoms with E-state index in [1.807, 2.05) is 30.3 Å². The number of ketones is 1. The summed E-state index contributed by atoms with van der Waals surface area (Å²) in [5, 5.41) is 0.998. The maximum Gasteiger partial charge on any atom is 0.166 e. The number of hydrogen-bond donors (Lipinski definition) is 0. The average molecular weight is 243 g/mol. The van der Waals surface area contributed by atoms with Crippen molar-refractivity contribution in [1.82, 2.24) is 4.98 Å². The first-order chi connectivity index (χ1) is 8.81. The molecule has 3 nitrogen and oxygen atoms in total. The van der Waals surface area contributed by atoms with Crippen LogP contribution in [-0.4, -0.2) is 24.0 Å². The minimum Gasteiger partial charge on any atom is -0.381 e. The van der Waals surface area contributed by atoms with Crippen LogP contribution in [0.1, 0.15) is 30.1 Å². The lowest BCUT2D eigenvalue weighted by Crippen LogP contribution is -2.05. The Labute approximate surface area is 107 Å². The first-order valence-corrected chi connectivity index (χ1v) is 6.27. The molecular formula is C15H17NO2. The summed E-state index contributed by atoms with van der Waals surface area (Å²) >= 11 is 0. The van der Waals surface area contributed by atoms with Gasteiger partial charge in [-0.1, -0.05) is 25.1 Å². The van der Waals surface area contributed by atoms with Gasteiger partial charge in [-0.3, -0.25) is 9.78 Å². The second-order valence-electron chi connectivity index (χ2n) is 4.20. The second kappa shape index (κ2) is 6.26. The molecule has 0 radical (unpaired) electrons. The van der Waals surface area contributed by atoms with Crippen LogP contribution in [0.5, 0.6) is 0 Å². The Kier molecular flexibility index (Phi) is 4.42. The molecule has 0 saturated carbocycles. The van der Waals surface area contributed by atoms with Crippen molar-refractivity contribution in [2.24, 2.45) is 0 Å². The number of ether oxygens (including phenoxy) is 1. The molecule has 1 aromatic carbocycles. The molecule has 0 unspecified atom stereocenters. The molecular weight excluding hydrogens is 226 g/mol. The summed E-state index contributed by atoms with van der Waals surface area (Å²) in [5.41, 5.74) is 1.57. The van der Waals surface area contributed by atoms with Crippen molar-refractivity contribution < 1.29 is 9.53 Å². The normalized spacial score (nSPS) is 10.7. The minimum absolute atomic E-state index is 0.0874. The van der Waals surface area contributed by atoms with Gasteiger partial charge in [-0.25, -0.2) is 0 Å². The lowest BCUT2D eigenvalue weighted by Gasteiger charge is -2.03. The molecule has 0 aliphatic heterocycles. The van der Waals surface area contributed by atoms with E-state index in [0.29, 0.717) is 25.2 Å². The molecule has 0 fully saturated rings. The first kappa shape index (κ1) is 12.7. The zero-order valence-electron chi connectivity index (χ0n) is 10.6. The van der Waals surface area contributed by atoms with Crippen molar-refractivity contribution in [2.75, 3.05) is 13.2 Å². The number of Topliss-reactive ketones (excluding diaryl/α,β-unsaturated/α-hetero) is 1. The highest BCUT2D eigenvalue weighted by Crippen LogP contribution is 2.13. The zero-order chi connectivity index (χ0) is 12.8. The van der Waals surface area contributed by atoms with E-state index in [4.69, 9.17) is 4.74 Å². The highest BCUT2D eigenvalue weighted by Gasteiger charge is 2.07. The van der Waals surface area contributed by atoms with Gasteiger partial charge in [0.15, 0.2) is 5.78 Å². The van der Waals surface area contributed by atoms with Gasteiger partial charge in [0.2, 0.25) is 0 Å². The Morgan fingerprint density at radius 3 is 2.94 bits per heavy atom. The van der Waals surface area contributed by atoms with Crippen LogP contribution in [0.15, 0.2) is 36.5 Å². The smallest absolute Gasteiger partial charge is 0.166 e. The number of pyridine rings is 1. The van der Waals surface area contributed by atoms with Crippen LogP contribution in [-0.2, 0) is 4.74 Å². The van der Waals surface area contributed by atoms with Crippen molar-refractivity contribution in [2.45, 2.75) is 19.8 Å². The first-order valence-electron chi connectivity index (χ1n) is 6.27. The fourth-order valence-electron chi connectivity index (χ4n) is 1.78. The van der Waals surface area contributed by atoms with Gasteiger partial charge >= 0.3 is 0 Å². The molecule has 0 N–H and O–H groups in total. The standard InChI is InChI=1S/C15H17NO2/c1-2-8-18-9-7-15(17)13-10-12-5-3-4-6-14(12)16-11-13/h3-6,10-11H,2,7-9H2,1H3. The van der Waals surface area contributed by atoms with E-state index in [2.05, 4.69) is 11.9 Å². The molecule has 0 saturated heterocycles. The van der Waals surface area contributed by atoms with Gasteiger partial charge in [0.1, 0.15) is 0 Å². The number of carbonyl (C=O) groups is 1. The van der Waals surface area contributed by atoms with Gasteiger partial charge in [0.25, 0.3) is 0 Å². The van der Waals surface area contributed by atoms with Crippen LogP contribution >= 0.6 is 0 Å². The lowest BCUT2D eigenvalue weighted by molar-refractivity contribution is 0.0878. The number of benzene rings is 1. The summed E-state index contributed by atoms with van der Waals surface area (Å²) in [6, 6.07) is 9.68. The van der Waals surface area contributed by atoms with E-state index >= 15 is 0 Å². The number of hydrogen-bond acceptors (Lipinski definition) is 3. The maximum atomic E-state index is 11.9. The van der Waals surface area contributed by atoms with Crippen molar-refractivity contribution in [3.8, 4) is 0 Å². The molecule has 3 heteroatoms. The van der Waals surface area contributed by atoms with Crippen LogP contribution in [0.2, 0.25) is 0 Å². The van der Waals surface area contributed by atoms with Gasteiger partial charge in [-0.05, 0) is 18.6 Å². The summed E-state index contributed by atoms with van der Waals surface area (Å²) in [7, 11) is 0. The number of para-hydroxylation sites is 1. The number of rotatable bonds is 6. The van der Waals surface area contributed by atoms with Crippen LogP contribution < -0.4 is 0 Å². The Balaban J connectivity index is 2.04. The topological polar surface area (TPSA) is 39.2 Å². The Hall–Kier alpha value is -1.74.